The zero-order valence-corrected chi connectivity index (χ0v) is 8.94. The Kier molecular flexibility index (Phi) is 2.90. The van der Waals surface area contributed by atoms with Crippen LogP contribution in [0.1, 0.15) is 6.92 Å². The SMILES string of the molecule is CC1CSC(Nc2ccc(F)cc2F)=N1. The first-order valence-corrected chi connectivity index (χ1v) is 5.56. The third-order valence-electron chi connectivity index (χ3n) is 1.97. The van der Waals surface area contributed by atoms with Crippen LogP contribution in [-0.4, -0.2) is 17.0 Å². The summed E-state index contributed by atoms with van der Waals surface area (Å²) < 4.78 is 25.9. The molecule has 1 aromatic rings. The van der Waals surface area contributed by atoms with E-state index in [0.717, 1.165) is 11.8 Å². The van der Waals surface area contributed by atoms with Crippen LogP contribution in [0.15, 0.2) is 23.2 Å². The van der Waals surface area contributed by atoms with Crippen molar-refractivity contribution in [1.82, 2.24) is 0 Å². The van der Waals surface area contributed by atoms with Crippen molar-refractivity contribution in [3.63, 3.8) is 0 Å². The van der Waals surface area contributed by atoms with Gasteiger partial charge in [0.05, 0.1) is 11.7 Å². The van der Waals surface area contributed by atoms with Gasteiger partial charge in [0.25, 0.3) is 0 Å². The number of anilines is 1. The summed E-state index contributed by atoms with van der Waals surface area (Å²) in [4.78, 5) is 4.26. The number of rotatable bonds is 1. The van der Waals surface area contributed by atoms with E-state index >= 15 is 0 Å². The molecule has 1 unspecified atom stereocenters. The summed E-state index contributed by atoms with van der Waals surface area (Å²) in [5, 5.41) is 3.53. The molecule has 0 fully saturated rings. The molecule has 1 aromatic carbocycles. The van der Waals surface area contributed by atoms with Crippen LogP contribution in [0.2, 0.25) is 0 Å². The highest BCUT2D eigenvalue weighted by molar-refractivity contribution is 8.14. The van der Waals surface area contributed by atoms with Crippen molar-refractivity contribution < 1.29 is 8.78 Å². The number of amidine groups is 1. The van der Waals surface area contributed by atoms with Gasteiger partial charge in [-0.05, 0) is 19.1 Å². The second-order valence-electron chi connectivity index (χ2n) is 3.34. The lowest BCUT2D eigenvalue weighted by molar-refractivity contribution is 0.586. The standard InChI is InChI=1S/C10H10F2N2S/c1-6-5-15-10(13-6)14-9-3-2-7(11)4-8(9)12/h2-4,6H,5H2,1H3,(H,13,14). The van der Waals surface area contributed by atoms with Crippen molar-refractivity contribution in [3.05, 3.63) is 29.8 Å². The number of benzene rings is 1. The third-order valence-corrected chi connectivity index (χ3v) is 3.10. The Morgan fingerprint density at radius 1 is 1.47 bits per heavy atom. The van der Waals surface area contributed by atoms with Crippen molar-refractivity contribution in [1.29, 1.82) is 0 Å². The minimum absolute atomic E-state index is 0.251. The summed E-state index contributed by atoms with van der Waals surface area (Å²) in [6.45, 7) is 1.99. The first-order chi connectivity index (χ1) is 7.15. The second kappa shape index (κ2) is 4.18. The van der Waals surface area contributed by atoms with Gasteiger partial charge in [-0.15, -0.1) is 0 Å². The van der Waals surface area contributed by atoms with E-state index in [1.807, 2.05) is 6.92 Å². The van der Waals surface area contributed by atoms with Crippen molar-refractivity contribution in [2.24, 2.45) is 4.99 Å². The van der Waals surface area contributed by atoms with Gasteiger partial charge in [-0.1, -0.05) is 11.8 Å². The molecule has 80 valence electrons. The average molecular weight is 228 g/mol. The van der Waals surface area contributed by atoms with Crippen molar-refractivity contribution in [2.75, 3.05) is 11.1 Å². The fraction of sp³-hybridized carbons (Fsp3) is 0.300. The Labute approximate surface area is 90.8 Å². The molecule has 0 radical (unpaired) electrons. The van der Waals surface area contributed by atoms with Crippen LogP contribution in [0.5, 0.6) is 0 Å². The maximum Gasteiger partial charge on any atom is 0.161 e. The molecule has 0 amide bonds. The fourth-order valence-electron chi connectivity index (χ4n) is 1.25. The van der Waals surface area contributed by atoms with Gasteiger partial charge in [0, 0.05) is 11.8 Å². The topological polar surface area (TPSA) is 24.4 Å². The predicted octanol–water partition coefficient (Wildman–Crippen LogP) is 2.87. The summed E-state index contributed by atoms with van der Waals surface area (Å²) in [7, 11) is 0. The Balaban J connectivity index is 2.14. The van der Waals surface area contributed by atoms with Crippen molar-refractivity contribution >= 4 is 22.6 Å². The number of nitrogens with zero attached hydrogens (tertiary/aromatic N) is 1. The van der Waals surface area contributed by atoms with Crippen LogP contribution < -0.4 is 5.32 Å². The van der Waals surface area contributed by atoms with Gasteiger partial charge in [-0.3, -0.25) is 4.99 Å². The van der Waals surface area contributed by atoms with Crippen LogP contribution >= 0.6 is 11.8 Å². The van der Waals surface area contributed by atoms with Crippen LogP contribution in [-0.2, 0) is 0 Å². The molecular weight excluding hydrogens is 218 g/mol. The molecule has 0 aliphatic carbocycles. The number of nitrogens with one attached hydrogen (secondary N) is 1. The zero-order chi connectivity index (χ0) is 10.8. The molecule has 0 aromatic heterocycles. The first kappa shape index (κ1) is 10.4. The van der Waals surface area contributed by atoms with Crippen molar-refractivity contribution in [2.45, 2.75) is 13.0 Å². The third kappa shape index (κ3) is 2.47. The Hall–Kier alpha value is -1.10. The molecule has 1 aliphatic heterocycles. The van der Waals surface area contributed by atoms with E-state index in [1.165, 1.54) is 23.9 Å². The fourth-order valence-corrected chi connectivity index (χ4v) is 2.16. The summed E-state index contributed by atoms with van der Waals surface area (Å²) in [5.74, 6) is -0.282. The minimum atomic E-state index is -0.599. The molecular formula is C10H10F2N2S. The second-order valence-corrected chi connectivity index (χ2v) is 4.35. The summed E-state index contributed by atoms with van der Waals surface area (Å²) in [6.07, 6.45) is 0. The van der Waals surface area contributed by atoms with Crippen LogP contribution in [0.4, 0.5) is 14.5 Å². The maximum absolute atomic E-state index is 13.2. The van der Waals surface area contributed by atoms with E-state index < -0.39 is 11.6 Å². The molecule has 2 rings (SSSR count). The van der Waals surface area contributed by atoms with Crippen LogP contribution in [0, 0.1) is 11.6 Å². The number of hydrogen-bond donors (Lipinski definition) is 1. The van der Waals surface area contributed by atoms with Gasteiger partial charge in [0.15, 0.2) is 5.17 Å². The van der Waals surface area contributed by atoms with Crippen molar-refractivity contribution in [3.8, 4) is 0 Å². The quantitative estimate of drug-likeness (QED) is 0.799. The summed E-state index contributed by atoms with van der Waals surface area (Å²) in [5.41, 5.74) is 0.261. The van der Waals surface area contributed by atoms with Crippen LogP contribution in [0.3, 0.4) is 0 Å². The number of hydrogen-bond acceptors (Lipinski definition) is 3. The molecule has 5 heteroatoms. The Morgan fingerprint density at radius 2 is 2.27 bits per heavy atom. The molecule has 2 nitrogen and oxygen atoms in total. The molecule has 1 heterocycles. The predicted molar refractivity (Wildman–Crippen MR) is 59.3 cm³/mol. The molecule has 0 saturated carbocycles. The first-order valence-electron chi connectivity index (χ1n) is 4.58. The smallest absolute Gasteiger partial charge is 0.161 e. The zero-order valence-electron chi connectivity index (χ0n) is 8.13. The summed E-state index contributed by atoms with van der Waals surface area (Å²) in [6, 6.07) is 3.69. The van der Waals surface area contributed by atoms with E-state index in [0.29, 0.717) is 5.17 Å². The normalized spacial score (nSPS) is 20.2. The summed E-state index contributed by atoms with van der Waals surface area (Å²) >= 11 is 1.54. The van der Waals surface area contributed by atoms with Gasteiger partial charge < -0.3 is 5.32 Å². The van der Waals surface area contributed by atoms with E-state index in [-0.39, 0.29) is 11.7 Å². The number of thioether (sulfide) groups is 1. The average Bonchev–Trinajstić information content (AvgIpc) is 2.56. The molecule has 0 saturated heterocycles. The van der Waals surface area contributed by atoms with Gasteiger partial charge in [-0.2, -0.15) is 0 Å². The number of aliphatic imine (C=N–C) groups is 1. The van der Waals surface area contributed by atoms with Crippen LogP contribution in [0.25, 0.3) is 0 Å². The Morgan fingerprint density at radius 3 is 2.87 bits per heavy atom. The lowest BCUT2D eigenvalue weighted by Crippen LogP contribution is -2.06. The molecule has 15 heavy (non-hydrogen) atoms. The largest absolute Gasteiger partial charge is 0.333 e. The lowest BCUT2D eigenvalue weighted by Gasteiger charge is -2.05. The molecule has 0 bridgehead atoms. The van der Waals surface area contributed by atoms with Gasteiger partial charge in [0.1, 0.15) is 11.6 Å². The van der Waals surface area contributed by atoms with E-state index in [2.05, 4.69) is 10.3 Å². The molecule has 1 N–H and O–H groups in total. The lowest BCUT2D eigenvalue weighted by atomic mass is 10.3. The highest BCUT2D eigenvalue weighted by atomic mass is 32.2. The highest BCUT2D eigenvalue weighted by Gasteiger charge is 2.15. The number of halogens is 2. The Bertz CT molecular complexity index is 406. The monoisotopic (exact) mass is 228 g/mol. The molecule has 1 atom stereocenters. The highest BCUT2D eigenvalue weighted by Crippen LogP contribution is 2.21. The molecule has 1 aliphatic rings. The van der Waals surface area contributed by atoms with Gasteiger partial charge in [0.2, 0.25) is 0 Å². The van der Waals surface area contributed by atoms with E-state index in [1.54, 1.807) is 0 Å². The van der Waals surface area contributed by atoms with Gasteiger partial charge >= 0.3 is 0 Å². The maximum atomic E-state index is 13.2. The van der Waals surface area contributed by atoms with E-state index in [9.17, 15) is 8.78 Å². The van der Waals surface area contributed by atoms with Gasteiger partial charge in [-0.25, -0.2) is 8.78 Å². The minimum Gasteiger partial charge on any atom is -0.333 e. The van der Waals surface area contributed by atoms with E-state index in [4.69, 9.17) is 0 Å². The molecule has 0 spiro atoms.